The molecule has 0 unspecified atom stereocenters. The SMILES string of the molecule is CCCOc1ccc2cc(-c3ccc([N+](=O)[O-])cc3)sc2c1. The van der Waals surface area contributed by atoms with E-state index >= 15 is 0 Å². The van der Waals surface area contributed by atoms with Gasteiger partial charge in [0.15, 0.2) is 0 Å². The minimum Gasteiger partial charge on any atom is -0.494 e. The fourth-order valence-corrected chi connectivity index (χ4v) is 3.31. The van der Waals surface area contributed by atoms with Gasteiger partial charge in [0, 0.05) is 21.7 Å². The van der Waals surface area contributed by atoms with E-state index in [0.717, 1.165) is 32.7 Å². The molecule has 0 aliphatic carbocycles. The number of nitro groups is 1. The molecule has 2 aromatic carbocycles. The fraction of sp³-hybridized carbons (Fsp3) is 0.176. The monoisotopic (exact) mass is 313 g/mol. The third-order valence-corrected chi connectivity index (χ3v) is 4.47. The van der Waals surface area contributed by atoms with E-state index in [9.17, 15) is 10.1 Å². The number of benzene rings is 2. The van der Waals surface area contributed by atoms with Gasteiger partial charge in [-0.3, -0.25) is 10.1 Å². The number of rotatable bonds is 5. The highest BCUT2D eigenvalue weighted by Gasteiger charge is 2.08. The topological polar surface area (TPSA) is 52.4 Å². The normalized spacial score (nSPS) is 10.8. The van der Waals surface area contributed by atoms with Crippen LogP contribution in [0.5, 0.6) is 5.75 Å². The summed E-state index contributed by atoms with van der Waals surface area (Å²) in [5, 5.41) is 11.9. The number of non-ortho nitro benzene ring substituents is 1. The summed E-state index contributed by atoms with van der Waals surface area (Å²) >= 11 is 1.66. The summed E-state index contributed by atoms with van der Waals surface area (Å²) < 4.78 is 6.81. The molecule has 3 rings (SSSR count). The van der Waals surface area contributed by atoms with Crippen molar-refractivity contribution in [3.8, 4) is 16.2 Å². The van der Waals surface area contributed by atoms with Crippen LogP contribution in [0.4, 0.5) is 5.69 Å². The summed E-state index contributed by atoms with van der Waals surface area (Å²) in [5.74, 6) is 0.881. The van der Waals surface area contributed by atoms with E-state index in [4.69, 9.17) is 4.74 Å². The third-order valence-electron chi connectivity index (χ3n) is 3.33. The molecule has 0 N–H and O–H groups in total. The Morgan fingerprint density at radius 2 is 1.91 bits per heavy atom. The van der Waals surface area contributed by atoms with Crippen molar-refractivity contribution in [2.45, 2.75) is 13.3 Å². The number of thiophene rings is 1. The molecule has 0 saturated heterocycles. The molecular weight excluding hydrogens is 298 g/mol. The van der Waals surface area contributed by atoms with Crippen molar-refractivity contribution in [3.05, 3.63) is 58.6 Å². The molecule has 0 radical (unpaired) electrons. The van der Waals surface area contributed by atoms with Gasteiger partial charge in [-0.2, -0.15) is 0 Å². The van der Waals surface area contributed by atoms with Gasteiger partial charge in [0.1, 0.15) is 5.75 Å². The lowest BCUT2D eigenvalue weighted by atomic mass is 10.1. The molecule has 0 amide bonds. The fourth-order valence-electron chi connectivity index (χ4n) is 2.21. The highest BCUT2D eigenvalue weighted by atomic mass is 32.1. The van der Waals surface area contributed by atoms with Gasteiger partial charge in [0.2, 0.25) is 0 Å². The van der Waals surface area contributed by atoms with Crippen LogP contribution < -0.4 is 4.74 Å². The van der Waals surface area contributed by atoms with E-state index in [1.165, 1.54) is 12.1 Å². The van der Waals surface area contributed by atoms with E-state index in [-0.39, 0.29) is 10.6 Å². The summed E-state index contributed by atoms with van der Waals surface area (Å²) in [4.78, 5) is 11.4. The Labute approximate surface area is 132 Å². The number of fused-ring (bicyclic) bond motifs is 1. The molecule has 0 spiro atoms. The zero-order valence-corrected chi connectivity index (χ0v) is 12.9. The first-order valence-electron chi connectivity index (χ1n) is 7.08. The average Bonchev–Trinajstić information content (AvgIpc) is 2.96. The molecule has 0 bridgehead atoms. The van der Waals surface area contributed by atoms with Gasteiger partial charge < -0.3 is 4.74 Å². The lowest BCUT2D eigenvalue weighted by Crippen LogP contribution is -1.93. The molecule has 0 aliphatic rings. The maximum Gasteiger partial charge on any atom is 0.269 e. The molecule has 3 aromatic rings. The van der Waals surface area contributed by atoms with Crippen molar-refractivity contribution in [2.75, 3.05) is 6.61 Å². The van der Waals surface area contributed by atoms with Gasteiger partial charge in [-0.1, -0.05) is 6.92 Å². The number of hydrogen-bond donors (Lipinski definition) is 0. The van der Waals surface area contributed by atoms with Crippen LogP contribution in [0.25, 0.3) is 20.5 Å². The van der Waals surface area contributed by atoms with Gasteiger partial charge in [-0.15, -0.1) is 11.3 Å². The third kappa shape index (κ3) is 2.94. The van der Waals surface area contributed by atoms with Gasteiger partial charge in [-0.25, -0.2) is 0 Å². The molecule has 1 aromatic heterocycles. The van der Waals surface area contributed by atoms with Crippen LogP contribution in [0.1, 0.15) is 13.3 Å². The van der Waals surface area contributed by atoms with Crippen molar-refractivity contribution in [3.63, 3.8) is 0 Å². The second-order valence-electron chi connectivity index (χ2n) is 4.96. The highest BCUT2D eigenvalue weighted by molar-refractivity contribution is 7.22. The van der Waals surface area contributed by atoms with E-state index in [1.807, 2.05) is 18.2 Å². The maximum absolute atomic E-state index is 10.7. The Balaban J connectivity index is 1.92. The van der Waals surface area contributed by atoms with Gasteiger partial charge in [0.25, 0.3) is 5.69 Å². The molecule has 0 saturated carbocycles. The standard InChI is InChI=1S/C17H15NO3S/c1-2-9-21-15-8-5-13-10-16(22-17(13)11-15)12-3-6-14(7-4-12)18(19)20/h3-8,10-11H,2,9H2,1H3. The zero-order chi connectivity index (χ0) is 15.5. The van der Waals surface area contributed by atoms with Crippen molar-refractivity contribution in [2.24, 2.45) is 0 Å². The smallest absolute Gasteiger partial charge is 0.269 e. The van der Waals surface area contributed by atoms with E-state index in [0.29, 0.717) is 6.61 Å². The van der Waals surface area contributed by atoms with Crippen LogP contribution in [0.3, 0.4) is 0 Å². The minimum absolute atomic E-state index is 0.111. The Bertz CT molecular complexity index is 808. The van der Waals surface area contributed by atoms with Crippen LogP contribution in [0, 0.1) is 10.1 Å². The van der Waals surface area contributed by atoms with Gasteiger partial charge >= 0.3 is 0 Å². The Hall–Kier alpha value is -2.40. The van der Waals surface area contributed by atoms with Crippen LogP contribution in [-0.2, 0) is 0 Å². The average molecular weight is 313 g/mol. The Kier molecular flexibility index (Phi) is 4.06. The Morgan fingerprint density at radius 3 is 2.59 bits per heavy atom. The van der Waals surface area contributed by atoms with Gasteiger partial charge in [0.05, 0.1) is 11.5 Å². The lowest BCUT2D eigenvalue weighted by Gasteiger charge is -2.03. The summed E-state index contributed by atoms with van der Waals surface area (Å²) in [7, 11) is 0. The predicted octanol–water partition coefficient (Wildman–Crippen LogP) is 5.27. The maximum atomic E-state index is 10.7. The zero-order valence-electron chi connectivity index (χ0n) is 12.1. The first-order chi connectivity index (χ1) is 10.7. The summed E-state index contributed by atoms with van der Waals surface area (Å²) in [6, 6.07) is 14.8. The number of nitro benzene ring substituents is 1. The van der Waals surface area contributed by atoms with Crippen LogP contribution in [0.2, 0.25) is 0 Å². The number of hydrogen-bond acceptors (Lipinski definition) is 4. The molecule has 0 aliphatic heterocycles. The van der Waals surface area contributed by atoms with Gasteiger partial charge in [-0.05, 0) is 53.8 Å². The first-order valence-corrected chi connectivity index (χ1v) is 7.90. The van der Waals surface area contributed by atoms with Crippen molar-refractivity contribution < 1.29 is 9.66 Å². The highest BCUT2D eigenvalue weighted by Crippen LogP contribution is 2.35. The molecule has 0 atom stereocenters. The van der Waals surface area contributed by atoms with Crippen molar-refractivity contribution >= 4 is 27.1 Å². The molecule has 4 nitrogen and oxygen atoms in total. The van der Waals surface area contributed by atoms with E-state index in [2.05, 4.69) is 13.0 Å². The second kappa shape index (κ2) is 6.15. The van der Waals surface area contributed by atoms with E-state index in [1.54, 1.807) is 23.5 Å². The van der Waals surface area contributed by atoms with Crippen LogP contribution in [-0.4, -0.2) is 11.5 Å². The van der Waals surface area contributed by atoms with Crippen molar-refractivity contribution in [1.82, 2.24) is 0 Å². The quantitative estimate of drug-likeness (QED) is 0.476. The molecule has 5 heteroatoms. The van der Waals surface area contributed by atoms with Crippen LogP contribution in [0.15, 0.2) is 48.5 Å². The Morgan fingerprint density at radius 1 is 1.14 bits per heavy atom. The second-order valence-corrected chi connectivity index (χ2v) is 6.05. The van der Waals surface area contributed by atoms with Crippen LogP contribution >= 0.6 is 11.3 Å². The molecule has 22 heavy (non-hydrogen) atoms. The first kappa shape index (κ1) is 14.5. The van der Waals surface area contributed by atoms with E-state index < -0.39 is 0 Å². The minimum atomic E-state index is -0.383. The number of ether oxygens (including phenoxy) is 1. The summed E-state index contributed by atoms with van der Waals surface area (Å²) in [6.07, 6.45) is 0.983. The molecule has 0 fully saturated rings. The van der Waals surface area contributed by atoms with Crippen molar-refractivity contribution in [1.29, 1.82) is 0 Å². The molecule has 1 heterocycles. The summed E-state index contributed by atoms with van der Waals surface area (Å²) in [6.45, 7) is 2.79. The largest absolute Gasteiger partial charge is 0.494 e. The lowest BCUT2D eigenvalue weighted by molar-refractivity contribution is -0.384. The molecule has 112 valence electrons. The summed E-state index contributed by atoms with van der Waals surface area (Å²) in [5.41, 5.74) is 1.10. The number of nitrogens with zero attached hydrogens (tertiary/aromatic N) is 1. The molecular formula is C17H15NO3S. The predicted molar refractivity (Wildman–Crippen MR) is 89.7 cm³/mol.